The van der Waals surface area contributed by atoms with E-state index in [9.17, 15) is 0 Å². The van der Waals surface area contributed by atoms with Crippen molar-refractivity contribution in [2.24, 2.45) is 0 Å². The molecule has 102 valence electrons. The number of nitrogens with zero attached hydrogens (tertiary/aromatic N) is 1. The van der Waals surface area contributed by atoms with E-state index in [1.165, 1.54) is 11.5 Å². The third kappa shape index (κ3) is 2.70. The summed E-state index contributed by atoms with van der Waals surface area (Å²) in [5.74, 6) is 0.762. The molecule has 0 aliphatic carbocycles. The minimum absolute atomic E-state index is 0.0187. The highest BCUT2D eigenvalue weighted by atomic mass is 79.9. The molecule has 0 aliphatic rings. The van der Waals surface area contributed by atoms with Gasteiger partial charge in [-0.05, 0) is 41.9 Å². The molecule has 0 amide bonds. The number of fused-ring (bicyclic) bond motifs is 1. The van der Waals surface area contributed by atoms with E-state index in [0.717, 1.165) is 31.6 Å². The Hall–Kier alpha value is -1.43. The van der Waals surface area contributed by atoms with Gasteiger partial charge >= 0.3 is 0 Å². The number of benzene rings is 2. The Labute approximate surface area is 129 Å². The number of aliphatic hydroxyl groups excluding tert-OH is 1. The molecule has 0 bridgehead atoms. The van der Waals surface area contributed by atoms with Crippen molar-refractivity contribution in [3.05, 3.63) is 46.9 Å². The molecule has 0 saturated heterocycles. The Balaban J connectivity index is 1.99. The lowest BCUT2D eigenvalue weighted by molar-refractivity contribution is 0.201. The molecule has 0 fully saturated rings. The van der Waals surface area contributed by atoms with Gasteiger partial charge in [-0.25, -0.2) is 0 Å². The summed E-state index contributed by atoms with van der Waals surface area (Å²) in [6.45, 7) is 0.328. The molecular weight excluding hydrogens is 338 g/mol. The van der Waals surface area contributed by atoms with Crippen molar-refractivity contribution < 1.29 is 9.84 Å². The minimum Gasteiger partial charge on any atom is -0.491 e. The molecule has 3 rings (SSSR count). The van der Waals surface area contributed by atoms with E-state index in [2.05, 4.69) is 32.4 Å². The Bertz CT molecular complexity index is 724. The third-order valence-corrected chi connectivity index (χ3v) is 4.26. The van der Waals surface area contributed by atoms with E-state index in [4.69, 9.17) is 9.84 Å². The largest absolute Gasteiger partial charge is 0.491 e. The van der Waals surface area contributed by atoms with Crippen LogP contribution in [-0.4, -0.2) is 22.7 Å². The summed E-state index contributed by atoms with van der Waals surface area (Å²) in [7, 11) is 0. The molecule has 1 aromatic heterocycles. The van der Waals surface area contributed by atoms with Crippen LogP contribution in [0.1, 0.15) is 0 Å². The molecule has 2 aromatic carbocycles. The van der Waals surface area contributed by atoms with Crippen molar-refractivity contribution in [2.75, 3.05) is 13.2 Å². The number of hydrogen-bond donors (Lipinski definition) is 1. The van der Waals surface area contributed by atoms with Crippen molar-refractivity contribution in [3.63, 3.8) is 0 Å². The predicted octanol–water partition coefficient (Wildman–Crippen LogP) is 4.10. The molecule has 0 saturated carbocycles. The van der Waals surface area contributed by atoms with E-state index in [-0.39, 0.29) is 6.61 Å². The van der Waals surface area contributed by atoms with Crippen molar-refractivity contribution >= 4 is 37.5 Å². The van der Waals surface area contributed by atoms with Crippen LogP contribution in [0.15, 0.2) is 46.9 Å². The smallest absolute Gasteiger partial charge is 0.120 e. The van der Waals surface area contributed by atoms with E-state index in [1.54, 1.807) is 0 Å². The maximum Gasteiger partial charge on any atom is 0.120 e. The molecule has 0 atom stereocenters. The van der Waals surface area contributed by atoms with Gasteiger partial charge in [-0.1, -0.05) is 28.1 Å². The zero-order valence-electron chi connectivity index (χ0n) is 10.5. The first kappa shape index (κ1) is 13.5. The van der Waals surface area contributed by atoms with E-state index < -0.39 is 0 Å². The average molecular weight is 350 g/mol. The fraction of sp³-hybridized carbons (Fsp3) is 0.133. The second-order valence-electron chi connectivity index (χ2n) is 4.27. The van der Waals surface area contributed by atoms with Gasteiger partial charge in [0.05, 0.1) is 17.0 Å². The van der Waals surface area contributed by atoms with E-state index in [0.29, 0.717) is 6.61 Å². The van der Waals surface area contributed by atoms with Crippen LogP contribution >= 0.6 is 27.5 Å². The van der Waals surface area contributed by atoms with Gasteiger partial charge in [0.15, 0.2) is 0 Å². The molecule has 0 aliphatic heterocycles. The number of aliphatic hydroxyl groups is 1. The predicted molar refractivity (Wildman–Crippen MR) is 85.3 cm³/mol. The first-order chi connectivity index (χ1) is 9.78. The highest BCUT2D eigenvalue weighted by Crippen LogP contribution is 2.33. The normalized spacial score (nSPS) is 10.9. The van der Waals surface area contributed by atoms with Gasteiger partial charge in [-0.2, -0.15) is 4.37 Å². The topological polar surface area (TPSA) is 42.4 Å². The average Bonchev–Trinajstić information content (AvgIpc) is 2.89. The van der Waals surface area contributed by atoms with Crippen LogP contribution in [0.4, 0.5) is 0 Å². The quantitative estimate of drug-likeness (QED) is 0.770. The summed E-state index contributed by atoms with van der Waals surface area (Å²) in [5.41, 5.74) is 2.09. The highest BCUT2D eigenvalue weighted by Gasteiger charge is 2.09. The Morgan fingerprint density at radius 2 is 1.95 bits per heavy atom. The molecule has 3 aromatic rings. The summed E-state index contributed by atoms with van der Waals surface area (Å²) in [6.07, 6.45) is 0. The molecule has 0 unspecified atom stereocenters. The van der Waals surface area contributed by atoms with Gasteiger partial charge in [0.2, 0.25) is 0 Å². The van der Waals surface area contributed by atoms with Gasteiger partial charge < -0.3 is 9.84 Å². The van der Waals surface area contributed by atoms with E-state index in [1.807, 2.05) is 30.3 Å². The summed E-state index contributed by atoms with van der Waals surface area (Å²) in [5, 5.41) is 9.90. The number of rotatable bonds is 4. The maximum absolute atomic E-state index is 8.78. The molecule has 0 spiro atoms. The van der Waals surface area contributed by atoms with Crippen molar-refractivity contribution in [1.82, 2.24) is 4.37 Å². The fourth-order valence-corrected chi connectivity index (χ4v) is 3.08. The number of aromatic nitrogens is 1. The van der Waals surface area contributed by atoms with Crippen LogP contribution in [0.3, 0.4) is 0 Å². The summed E-state index contributed by atoms with van der Waals surface area (Å²) >= 11 is 4.89. The Morgan fingerprint density at radius 1 is 1.15 bits per heavy atom. The van der Waals surface area contributed by atoms with Crippen molar-refractivity contribution in [3.8, 4) is 17.0 Å². The molecule has 5 heteroatoms. The Morgan fingerprint density at radius 3 is 2.70 bits per heavy atom. The van der Waals surface area contributed by atoms with Crippen molar-refractivity contribution in [1.29, 1.82) is 0 Å². The van der Waals surface area contributed by atoms with Crippen LogP contribution in [0.25, 0.3) is 21.3 Å². The van der Waals surface area contributed by atoms with Gasteiger partial charge in [-0.15, -0.1) is 0 Å². The summed E-state index contributed by atoms with van der Waals surface area (Å²) in [6, 6.07) is 14.0. The first-order valence-corrected chi connectivity index (χ1v) is 7.73. The molecule has 0 radical (unpaired) electrons. The summed E-state index contributed by atoms with van der Waals surface area (Å²) < 4.78 is 12.1. The van der Waals surface area contributed by atoms with Crippen LogP contribution in [0.2, 0.25) is 0 Å². The van der Waals surface area contributed by atoms with Gasteiger partial charge in [0.1, 0.15) is 12.4 Å². The second-order valence-corrected chi connectivity index (χ2v) is 5.99. The van der Waals surface area contributed by atoms with Crippen LogP contribution in [0.5, 0.6) is 5.75 Å². The monoisotopic (exact) mass is 349 g/mol. The third-order valence-electron chi connectivity index (χ3n) is 2.92. The zero-order valence-corrected chi connectivity index (χ0v) is 12.9. The SMILES string of the molecule is OCCOc1ccc2c(-c3ccc(Br)cc3)nsc2c1. The maximum atomic E-state index is 8.78. The van der Waals surface area contributed by atoms with Gasteiger partial charge in [0.25, 0.3) is 0 Å². The molecule has 3 nitrogen and oxygen atoms in total. The lowest BCUT2D eigenvalue weighted by atomic mass is 10.1. The molecule has 20 heavy (non-hydrogen) atoms. The Kier molecular flexibility index (Phi) is 4.00. The van der Waals surface area contributed by atoms with Crippen LogP contribution < -0.4 is 4.74 Å². The number of hydrogen-bond acceptors (Lipinski definition) is 4. The van der Waals surface area contributed by atoms with E-state index >= 15 is 0 Å². The van der Waals surface area contributed by atoms with Crippen LogP contribution in [0, 0.1) is 0 Å². The van der Waals surface area contributed by atoms with Crippen molar-refractivity contribution in [2.45, 2.75) is 0 Å². The molecule has 1 heterocycles. The van der Waals surface area contributed by atoms with Gasteiger partial charge in [-0.3, -0.25) is 0 Å². The van der Waals surface area contributed by atoms with Crippen LogP contribution in [-0.2, 0) is 0 Å². The molecular formula is C15H12BrNO2S. The number of halogens is 1. The number of ether oxygens (including phenoxy) is 1. The zero-order chi connectivity index (χ0) is 13.9. The highest BCUT2D eigenvalue weighted by molar-refractivity contribution is 9.10. The molecule has 1 N–H and O–H groups in total. The standard InChI is InChI=1S/C15H12BrNO2S/c16-11-3-1-10(2-4-11)15-13-6-5-12(19-8-7-18)9-14(13)20-17-15/h1-6,9,18H,7-8H2. The first-order valence-electron chi connectivity index (χ1n) is 6.17. The fourth-order valence-electron chi connectivity index (χ4n) is 1.99. The lowest BCUT2D eigenvalue weighted by Crippen LogP contribution is -2.01. The second kappa shape index (κ2) is 5.91. The minimum atomic E-state index is 0.0187. The van der Waals surface area contributed by atoms with Gasteiger partial charge in [0, 0.05) is 15.4 Å². The summed E-state index contributed by atoms with van der Waals surface area (Å²) in [4.78, 5) is 0. The lowest BCUT2D eigenvalue weighted by Gasteiger charge is -2.04.